The summed E-state index contributed by atoms with van der Waals surface area (Å²) < 4.78 is 46.8. The van der Waals surface area contributed by atoms with Crippen LogP contribution in [-0.4, -0.2) is 55.8 Å². The van der Waals surface area contributed by atoms with E-state index in [0.717, 1.165) is 6.07 Å². The molecule has 2 rings (SSSR count). The number of hydrogen-bond acceptors (Lipinski definition) is 8. The molecule has 0 saturated carbocycles. The fourth-order valence-corrected chi connectivity index (χ4v) is 2.35. The zero-order valence-corrected chi connectivity index (χ0v) is 11.7. The summed E-state index contributed by atoms with van der Waals surface area (Å²) in [6, 6.07) is 1.15. The van der Waals surface area contributed by atoms with Gasteiger partial charge in [-0.05, 0) is 13.0 Å². The molecule has 0 spiro atoms. The van der Waals surface area contributed by atoms with Gasteiger partial charge in [0.25, 0.3) is 0 Å². The van der Waals surface area contributed by atoms with Gasteiger partial charge in [-0.3, -0.25) is 9.30 Å². The third kappa shape index (κ3) is 3.16. The van der Waals surface area contributed by atoms with Crippen LogP contribution in [0.1, 0.15) is 11.9 Å². The molecule has 0 radical (unpaired) electrons. The lowest BCUT2D eigenvalue weighted by molar-refractivity contribution is -0.434. The molecule has 0 unspecified atom stereocenters. The molecular formula is C11H14F3N3O6. The topological polar surface area (TPSA) is 140 Å². The van der Waals surface area contributed by atoms with Gasteiger partial charge < -0.3 is 25.8 Å². The number of nitrogen functional groups attached to an aromatic ring is 1. The molecule has 4 atom stereocenters. The van der Waals surface area contributed by atoms with Crippen molar-refractivity contribution in [2.75, 3.05) is 12.3 Å². The normalized spacial score (nSPS) is 31.5. The number of nitrogens with two attached hydrogens (primary N) is 1. The van der Waals surface area contributed by atoms with Gasteiger partial charge in [0.15, 0.2) is 6.23 Å². The van der Waals surface area contributed by atoms with Crippen molar-refractivity contribution in [2.45, 2.75) is 37.5 Å². The molecule has 0 aliphatic carbocycles. The Bertz CT molecular complexity index is 651. The van der Waals surface area contributed by atoms with Crippen LogP contribution in [0.5, 0.6) is 0 Å². The second-order valence-corrected chi connectivity index (χ2v) is 4.93. The molecule has 1 aliphatic rings. The van der Waals surface area contributed by atoms with Crippen molar-refractivity contribution in [1.82, 2.24) is 9.55 Å². The Morgan fingerprint density at radius 2 is 2.17 bits per heavy atom. The Labute approximate surface area is 126 Å². The molecule has 12 heteroatoms. The van der Waals surface area contributed by atoms with Gasteiger partial charge in [-0.2, -0.15) is 4.98 Å². The number of hydrogen-bond donors (Lipinski definition) is 4. The highest BCUT2D eigenvalue weighted by Gasteiger charge is 2.62. The van der Waals surface area contributed by atoms with E-state index in [2.05, 4.69) is 9.72 Å². The molecule has 0 aromatic carbocycles. The standard InChI is InChI=1S/C11H14F3N3O6/c1-4-2-6(15)16-9(20)17(4)8-10(21,23-11(12,13)14)7(19)5(3-18)22-8/h2,5,7-8,18-19,21H,3H2,1H3,(H2,15,16,20)/t5-,7-,8-,10+/m1/s1. The van der Waals surface area contributed by atoms with E-state index in [0.29, 0.717) is 4.57 Å². The van der Waals surface area contributed by atoms with Gasteiger partial charge in [0.2, 0.25) is 5.79 Å². The van der Waals surface area contributed by atoms with Crippen LogP contribution >= 0.6 is 0 Å². The summed E-state index contributed by atoms with van der Waals surface area (Å²) in [6.07, 6.45) is -11.3. The predicted molar refractivity (Wildman–Crippen MR) is 66.7 cm³/mol. The van der Waals surface area contributed by atoms with E-state index in [1.165, 1.54) is 6.92 Å². The van der Waals surface area contributed by atoms with E-state index in [9.17, 15) is 28.2 Å². The Hall–Kier alpha value is -1.73. The lowest BCUT2D eigenvalue weighted by Crippen LogP contribution is -2.53. The highest BCUT2D eigenvalue weighted by atomic mass is 19.4. The maximum absolute atomic E-state index is 12.6. The maximum Gasteiger partial charge on any atom is 0.525 e. The Morgan fingerprint density at radius 1 is 1.57 bits per heavy atom. The van der Waals surface area contributed by atoms with Crippen molar-refractivity contribution in [3.63, 3.8) is 0 Å². The zero-order chi connectivity index (χ0) is 17.6. The molecule has 5 N–H and O–H groups in total. The molecule has 0 bridgehead atoms. The molecule has 0 amide bonds. The van der Waals surface area contributed by atoms with Crippen LogP contribution in [0.3, 0.4) is 0 Å². The minimum atomic E-state index is -5.35. The molecule has 1 aromatic rings. The number of alkyl halides is 3. The highest BCUT2D eigenvalue weighted by Crippen LogP contribution is 2.42. The van der Waals surface area contributed by atoms with Crippen LogP contribution in [0.15, 0.2) is 10.9 Å². The predicted octanol–water partition coefficient (Wildman–Crippen LogP) is -1.39. The summed E-state index contributed by atoms with van der Waals surface area (Å²) in [6.45, 7) is 0.382. The molecule has 1 saturated heterocycles. The second kappa shape index (κ2) is 5.72. The fraction of sp³-hybridized carbons (Fsp3) is 0.636. The number of rotatable bonds is 3. The molecule has 1 aromatic heterocycles. The summed E-state index contributed by atoms with van der Waals surface area (Å²) in [4.78, 5) is 15.2. The van der Waals surface area contributed by atoms with Crippen LogP contribution in [0.4, 0.5) is 19.0 Å². The minimum Gasteiger partial charge on any atom is -0.394 e. The lowest BCUT2D eigenvalue weighted by Gasteiger charge is -2.32. The molecule has 2 heterocycles. The van der Waals surface area contributed by atoms with Crippen molar-refractivity contribution in [2.24, 2.45) is 0 Å². The number of aromatic nitrogens is 2. The molecule has 1 aliphatic heterocycles. The van der Waals surface area contributed by atoms with Crippen molar-refractivity contribution in [1.29, 1.82) is 0 Å². The number of nitrogens with zero attached hydrogens (tertiary/aromatic N) is 2. The molecule has 9 nitrogen and oxygen atoms in total. The number of aliphatic hydroxyl groups excluding tert-OH is 2. The van der Waals surface area contributed by atoms with Crippen molar-refractivity contribution in [3.05, 3.63) is 22.2 Å². The van der Waals surface area contributed by atoms with Crippen LogP contribution in [-0.2, 0) is 9.47 Å². The van der Waals surface area contributed by atoms with Gasteiger partial charge in [-0.1, -0.05) is 0 Å². The van der Waals surface area contributed by atoms with Crippen LogP contribution < -0.4 is 11.4 Å². The van der Waals surface area contributed by atoms with E-state index < -0.39 is 42.9 Å². The van der Waals surface area contributed by atoms with Gasteiger partial charge in [0, 0.05) is 5.69 Å². The first-order valence-corrected chi connectivity index (χ1v) is 6.29. The fourth-order valence-electron chi connectivity index (χ4n) is 2.35. The number of aryl methyl sites for hydroxylation is 1. The summed E-state index contributed by atoms with van der Waals surface area (Å²) in [7, 11) is 0. The van der Waals surface area contributed by atoms with Crippen LogP contribution in [0, 0.1) is 6.92 Å². The maximum atomic E-state index is 12.6. The SMILES string of the molecule is Cc1cc(N)nc(=O)n1[C@@H]1O[C@H](CO)[C@@H](O)[C@]1(O)OC(F)(F)F. The molecule has 23 heavy (non-hydrogen) atoms. The Kier molecular flexibility index (Phi) is 4.38. The Morgan fingerprint density at radius 3 is 2.65 bits per heavy atom. The summed E-state index contributed by atoms with van der Waals surface area (Å²) in [5, 5.41) is 29.1. The summed E-state index contributed by atoms with van der Waals surface area (Å²) in [5.41, 5.74) is 4.23. The van der Waals surface area contributed by atoms with Gasteiger partial charge in [-0.15, -0.1) is 13.2 Å². The first kappa shape index (κ1) is 17.6. The van der Waals surface area contributed by atoms with E-state index in [1.807, 2.05) is 0 Å². The highest BCUT2D eigenvalue weighted by molar-refractivity contribution is 5.28. The van der Waals surface area contributed by atoms with Gasteiger partial charge in [0.1, 0.15) is 18.0 Å². The second-order valence-electron chi connectivity index (χ2n) is 4.93. The van der Waals surface area contributed by atoms with E-state index in [4.69, 9.17) is 15.6 Å². The van der Waals surface area contributed by atoms with Gasteiger partial charge in [0.05, 0.1) is 6.61 Å². The third-order valence-corrected chi connectivity index (χ3v) is 3.29. The van der Waals surface area contributed by atoms with Crippen LogP contribution in [0.2, 0.25) is 0 Å². The third-order valence-electron chi connectivity index (χ3n) is 3.29. The van der Waals surface area contributed by atoms with Crippen LogP contribution in [0.25, 0.3) is 0 Å². The smallest absolute Gasteiger partial charge is 0.394 e. The Balaban J connectivity index is 2.57. The largest absolute Gasteiger partial charge is 0.525 e. The quantitative estimate of drug-likeness (QED) is 0.493. The first-order valence-electron chi connectivity index (χ1n) is 6.29. The van der Waals surface area contributed by atoms with E-state index >= 15 is 0 Å². The monoisotopic (exact) mass is 341 g/mol. The van der Waals surface area contributed by atoms with Crippen molar-refractivity contribution < 1.29 is 38.0 Å². The molecular weight excluding hydrogens is 327 g/mol. The molecule has 1 fully saturated rings. The van der Waals surface area contributed by atoms with Gasteiger partial charge in [-0.25, -0.2) is 4.79 Å². The van der Waals surface area contributed by atoms with E-state index in [-0.39, 0.29) is 11.5 Å². The molecule has 130 valence electrons. The summed E-state index contributed by atoms with van der Waals surface area (Å²) in [5.74, 6) is -3.56. The number of anilines is 1. The van der Waals surface area contributed by atoms with E-state index in [1.54, 1.807) is 0 Å². The summed E-state index contributed by atoms with van der Waals surface area (Å²) >= 11 is 0. The minimum absolute atomic E-state index is 0.00230. The average molecular weight is 341 g/mol. The lowest BCUT2D eigenvalue weighted by atomic mass is 10.1. The first-order chi connectivity index (χ1) is 10.5. The number of halogens is 3. The number of ether oxygens (including phenoxy) is 2. The zero-order valence-electron chi connectivity index (χ0n) is 11.7. The van der Waals surface area contributed by atoms with Crippen molar-refractivity contribution >= 4 is 5.82 Å². The average Bonchev–Trinajstić information content (AvgIpc) is 2.60. The number of aliphatic hydroxyl groups is 3. The van der Waals surface area contributed by atoms with Gasteiger partial charge >= 0.3 is 12.1 Å². The van der Waals surface area contributed by atoms with Crippen molar-refractivity contribution in [3.8, 4) is 0 Å².